The lowest BCUT2D eigenvalue weighted by Gasteiger charge is -2.28. The van der Waals surface area contributed by atoms with Crippen LogP contribution < -0.4 is 5.32 Å². The van der Waals surface area contributed by atoms with Gasteiger partial charge in [0, 0.05) is 12.6 Å². The van der Waals surface area contributed by atoms with Crippen LogP contribution in [0.3, 0.4) is 0 Å². The molecule has 0 saturated heterocycles. The van der Waals surface area contributed by atoms with Crippen molar-refractivity contribution in [3.8, 4) is 0 Å². The second-order valence-corrected chi connectivity index (χ2v) is 4.40. The van der Waals surface area contributed by atoms with Gasteiger partial charge in [0.25, 0.3) is 0 Å². The molecule has 0 aliphatic carbocycles. The lowest BCUT2D eigenvalue weighted by molar-refractivity contribution is 0.239. The van der Waals surface area contributed by atoms with Gasteiger partial charge in [0.05, 0.1) is 0 Å². The van der Waals surface area contributed by atoms with Gasteiger partial charge in [0.1, 0.15) is 0 Å². The Morgan fingerprint density at radius 3 is 2.65 bits per heavy atom. The molecule has 0 bridgehead atoms. The summed E-state index contributed by atoms with van der Waals surface area (Å²) in [6.45, 7) is 5.85. The summed E-state index contributed by atoms with van der Waals surface area (Å²) in [7, 11) is 4.20. The van der Waals surface area contributed by atoms with Crippen LogP contribution in [0.5, 0.6) is 0 Å². The summed E-state index contributed by atoms with van der Waals surface area (Å²) >= 11 is 0. The van der Waals surface area contributed by atoms with Gasteiger partial charge in [0.15, 0.2) is 0 Å². The minimum absolute atomic E-state index is 0.450. The molecule has 0 aliphatic rings. The van der Waals surface area contributed by atoms with Crippen molar-refractivity contribution in [2.75, 3.05) is 27.2 Å². The molecular formula is C15H24N2. The van der Waals surface area contributed by atoms with Gasteiger partial charge in [-0.05, 0) is 39.0 Å². The molecule has 0 radical (unpaired) electrons. The quantitative estimate of drug-likeness (QED) is 0.547. The molecule has 2 heteroatoms. The third kappa shape index (κ3) is 4.72. The SMILES string of the molecule is C=CCCCN(C)C(CNC)c1ccccc1. The third-order valence-corrected chi connectivity index (χ3v) is 3.03. The lowest BCUT2D eigenvalue weighted by atomic mass is 10.1. The van der Waals surface area contributed by atoms with Crippen LogP contribution in [0.15, 0.2) is 43.0 Å². The van der Waals surface area contributed by atoms with Crippen molar-refractivity contribution in [2.45, 2.75) is 18.9 Å². The maximum absolute atomic E-state index is 3.77. The Kier molecular flexibility index (Phi) is 6.60. The predicted molar refractivity (Wildman–Crippen MR) is 75.2 cm³/mol. The molecule has 1 atom stereocenters. The molecule has 0 aromatic heterocycles. The van der Waals surface area contributed by atoms with Gasteiger partial charge < -0.3 is 5.32 Å². The number of hydrogen-bond donors (Lipinski definition) is 1. The van der Waals surface area contributed by atoms with E-state index in [1.165, 1.54) is 12.0 Å². The van der Waals surface area contributed by atoms with Crippen LogP contribution in [0.25, 0.3) is 0 Å². The molecule has 17 heavy (non-hydrogen) atoms. The fourth-order valence-electron chi connectivity index (χ4n) is 2.04. The Morgan fingerprint density at radius 1 is 1.35 bits per heavy atom. The van der Waals surface area contributed by atoms with Gasteiger partial charge in [0.2, 0.25) is 0 Å². The summed E-state index contributed by atoms with van der Waals surface area (Å²) in [5, 5.41) is 3.28. The predicted octanol–water partition coefficient (Wildman–Crippen LogP) is 2.85. The molecule has 1 aromatic carbocycles. The number of nitrogens with zero attached hydrogens (tertiary/aromatic N) is 1. The average Bonchev–Trinajstić information content (AvgIpc) is 2.37. The number of rotatable bonds is 8. The van der Waals surface area contributed by atoms with E-state index in [1.54, 1.807) is 0 Å². The molecule has 2 nitrogen and oxygen atoms in total. The zero-order valence-corrected chi connectivity index (χ0v) is 11.0. The van der Waals surface area contributed by atoms with Crippen molar-refractivity contribution in [3.63, 3.8) is 0 Å². The summed E-state index contributed by atoms with van der Waals surface area (Å²) in [5.41, 5.74) is 1.38. The Labute approximate surface area is 105 Å². The first-order valence-corrected chi connectivity index (χ1v) is 6.30. The number of benzene rings is 1. The lowest BCUT2D eigenvalue weighted by Crippen LogP contribution is -2.32. The maximum atomic E-state index is 3.77. The standard InChI is InChI=1S/C15H24N2/c1-4-5-9-12-17(3)15(13-16-2)14-10-7-6-8-11-14/h4,6-8,10-11,15-16H,1,5,9,12-13H2,2-3H3. The largest absolute Gasteiger partial charge is 0.318 e. The van der Waals surface area contributed by atoms with Gasteiger partial charge in [-0.25, -0.2) is 0 Å². The first-order valence-electron chi connectivity index (χ1n) is 6.30. The first kappa shape index (κ1) is 13.9. The Bertz CT molecular complexity index is 308. The number of likely N-dealkylation sites (N-methyl/N-ethyl adjacent to an activating group) is 2. The molecule has 94 valence electrons. The highest BCUT2D eigenvalue weighted by atomic mass is 15.1. The van der Waals surface area contributed by atoms with Gasteiger partial charge in [-0.2, -0.15) is 0 Å². The molecule has 0 fully saturated rings. The van der Waals surface area contributed by atoms with E-state index in [-0.39, 0.29) is 0 Å². The third-order valence-electron chi connectivity index (χ3n) is 3.03. The van der Waals surface area contributed by atoms with Crippen LogP contribution in [-0.4, -0.2) is 32.1 Å². The van der Waals surface area contributed by atoms with Crippen molar-refractivity contribution in [2.24, 2.45) is 0 Å². The molecule has 0 spiro atoms. The molecule has 1 rings (SSSR count). The topological polar surface area (TPSA) is 15.3 Å². The van der Waals surface area contributed by atoms with Crippen LogP contribution in [0.2, 0.25) is 0 Å². The highest BCUT2D eigenvalue weighted by Gasteiger charge is 2.14. The van der Waals surface area contributed by atoms with Crippen molar-refractivity contribution >= 4 is 0 Å². The zero-order chi connectivity index (χ0) is 12.5. The molecule has 0 heterocycles. The van der Waals surface area contributed by atoms with E-state index in [0.717, 1.165) is 19.5 Å². The molecular weight excluding hydrogens is 208 g/mol. The van der Waals surface area contributed by atoms with Crippen molar-refractivity contribution in [3.05, 3.63) is 48.6 Å². The fourth-order valence-corrected chi connectivity index (χ4v) is 2.04. The van der Waals surface area contributed by atoms with E-state index in [9.17, 15) is 0 Å². The molecule has 0 aliphatic heterocycles. The number of nitrogens with one attached hydrogen (secondary N) is 1. The van der Waals surface area contributed by atoms with Gasteiger partial charge in [-0.15, -0.1) is 6.58 Å². The summed E-state index contributed by atoms with van der Waals surface area (Å²) in [4.78, 5) is 2.41. The van der Waals surface area contributed by atoms with Gasteiger partial charge in [-0.3, -0.25) is 4.90 Å². The van der Waals surface area contributed by atoms with Crippen LogP contribution in [0.4, 0.5) is 0 Å². The highest BCUT2D eigenvalue weighted by Crippen LogP contribution is 2.18. The van der Waals surface area contributed by atoms with Crippen molar-refractivity contribution < 1.29 is 0 Å². The summed E-state index contributed by atoms with van der Waals surface area (Å²) < 4.78 is 0. The monoisotopic (exact) mass is 232 g/mol. The minimum atomic E-state index is 0.450. The zero-order valence-electron chi connectivity index (χ0n) is 11.0. The van der Waals surface area contributed by atoms with E-state index in [2.05, 4.69) is 54.2 Å². The number of hydrogen-bond acceptors (Lipinski definition) is 2. The summed E-state index contributed by atoms with van der Waals surface area (Å²) in [6.07, 6.45) is 4.25. The number of unbranched alkanes of at least 4 members (excludes halogenated alkanes) is 1. The van der Waals surface area contributed by atoms with Crippen LogP contribution in [0.1, 0.15) is 24.4 Å². The highest BCUT2D eigenvalue weighted by molar-refractivity contribution is 5.19. The van der Waals surface area contributed by atoms with Gasteiger partial charge in [-0.1, -0.05) is 36.4 Å². The van der Waals surface area contributed by atoms with Crippen LogP contribution in [0, 0.1) is 0 Å². The van der Waals surface area contributed by atoms with Gasteiger partial charge >= 0.3 is 0 Å². The normalized spacial score (nSPS) is 12.6. The maximum Gasteiger partial charge on any atom is 0.0469 e. The second kappa shape index (κ2) is 8.04. The van der Waals surface area contributed by atoms with E-state index in [4.69, 9.17) is 0 Å². The smallest absolute Gasteiger partial charge is 0.0469 e. The summed E-state index contributed by atoms with van der Waals surface area (Å²) in [6, 6.07) is 11.1. The van der Waals surface area contributed by atoms with Crippen LogP contribution >= 0.6 is 0 Å². The number of allylic oxidation sites excluding steroid dienone is 1. The average molecular weight is 232 g/mol. The van der Waals surface area contributed by atoms with E-state index in [0.29, 0.717) is 6.04 Å². The molecule has 0 amide bonds. The fraction of sp³-hybridized carbons (Fsp3) is 0.467. The second-order valence-electron chi connectivity index (χ2n) is 4.40. The Balaban J connectivity index is 2.61. The first-order chi connectivity index (χ1) is 8.29. The molecule has 1 unspecified atom stereocenters. The minimum Gasteiger partial charge on any atom is -0.318 e. The Hall–Kier alpha value is -1.12. The molecule has 1 N–H and O–H groups in total. The summed E-state index contributed by atoms with van der Waals surface area (Å²) in [5.74, 6) is 0. The molecule has 1 aromatic rings. The van der Waals surface area contributed by atoms with E-state index >= 15 is 0 Å². The Morgan fingerprint density at radius 2 is 2.06 bits per heavy atom. The van der Waals surface area contributed by atoms with E-state index < -0.39 is 0 Å². The van der Waals surface area contributed by atoms with Crippen molar-refractivity contribution in [1.82, 2.24) is 10.2 Å². The van der Waals surface area contributed by atoms with E-state index in [1.807, 2.05) is 13.1 Å². The van der Waals surface area contributed by atoms with Crippen molar-refractivity contribution in [1.29, 1.82) is 0 Å². The van der Waals surface area contributed by atoms with Crippen LogP contribution in [-0.2, 0) is 0 Å². The molecule has 0 saturated carbocycles.